The minimum atomic E-state index is 0.966. The number of nitrogens with zero attached hydrogens (tertiary/aromatic N) is 2. The molecule has 0 aliphatic carbocycles. The summed E-state index contributed by atoms with van der Waals surface area (Å²) >= 11 is 0. The molecule has 0 radical (unpaired) electrons. The van der Waals surface area contributed by atoms with Gasteiger partial charge in [0.05, 0.1) is 0 Å². The average molecular weight is 565 g/mol. The topological polar surface area (TPSA) is 6.48 Å². The van der Waals surface area contributed by atoms with Crippen molar-refractivity contribution in [2.24, 2.45) is 0 Å². The predicted octanol–water partition coefficient (Wildman–Crippen LogP) is 11.4. The van der Waals surface area contributed by atoms with Crippen LogP contribution >= 0.6 is 0 Å². The molecule has 0 amide bonds. The first-order valence-electron chi connectivity index (χ1n) is 15.5. The molecule has 0 saturated carbocycles. The van der Waals surface area contributed by atoms with E-state index in [1.165, 1.54) is 89.0 Å². The summed E-state index contributed by atoms with van der Waals surface area (Å²) in [6.45, 7) is 4.58. The number of anilines is 6. The largest absolute Gasteiger partial charge is 0.310 e. The van der Waals surface area contributed by atoms with Gasteiger partial charge >= 0.3 is 0 Å². The molecular weight excluding hydrogens is 532 g/mol. The van der Waals surface area contributed by atoms with Crippen LogP contribution in [0.25, 0.3) is 21.5 Å². The minimum Gasteiger partial charge on any atom is -0.310 e. The first kappa shape index (κ1) is 25.2. The molecule has 2 heteroatoms. The standard InChI is InChI=1S/C42H32N2/c1-27-35-21-19-34(44-41-17-9-5-13-31(41)24-32-14-6-10-18-42(32)44)26-38(35)28(2)36-22-20-33(25-37(27)36)43-39-15-7-3-11-29(39)23-30-12-4-8-16-40(30)43/h3-22,25-26H,23-24H2,1-2H3. The molecule has 0 spiro atoms. The highest BCUT2D eigenvalue weighted by molar-refractivity contribution is 6.08. The second-order valence-corrected chi connectivity index (χ2v) is 12.2. The molecule has 9 rings (SSSR count). The van der Waals surface area contributed by atoms with Gasteiger partial charge in [0, 0.05) is 47.0 Å². The fourth-order valence-electron chi connectivity index (χ4n) is 7.65. The summed E-state index contributed by atoms with van der Waals surface area (Å²) in [5.74, 6) is 0. The molecule has 7 aromatic rings. The smallest absolute Gasteiger partial charge is 0.0497 e. The van der Waals surface area contributed by atoms with E-state index < -0.39 is 0 Å². The molecule has 0 aromatic heterocycles. The Morgan fingerprint density at radius 2 is 0.682 bits per heavy atom. The summed E-state index contributed by atoms with van der Waals surface area (Å²) in [4.78, 5) is 4.89. The summed E-state index contributed by atoms with van der Waals surface area (Å²) in [5, 5.41) is 5.26. The third kappa shape index (κ3) is 3.67. The van der Waals surface area contributed by atoms with Gasteiger partial charge in [0.2, 0.25) is 0 Å². The Labute approximate surface area is 258 Å². The maximum Gasteiger partial charge on any atom is 0.0497 e. The van der Waals surface area contributed by atoms with Gasteiger partial charge in [-0.2, -0.15) is 0 Å². The van der Waals surface area contributed by atoms with Crippen LogP contribution in [0.1, 0.15) is 33.4 Å². The second kappa shape index (κ2) is 9.59. The Bertz CT molecular complexity index is 2020. The monoisotopic (exact) mass is 564 g/mol. The average Bonchev–Trinajstić information content (AvgIpc) is 3.08. The highest BCUT2D eigenvalue weighted by atomic mass is 15.2. The summed E-state index contributed by atoms with van der Waals surface area (Å²) in [6.07, 6.45) is 1.93. The maximum absolute atomic E-state index is 2.45. The van der Waals surface area contributed by atoms with Gasteiger partial charge in [0.25, 0.3) is 0 Å². The highest BCUT2D eigenvalue weighted by Crippen LogP contribution is 2.47. The van der Waals surface area contributed by atoms with Crippen molar-refractivity contribution >= 4 is 55.7 Å². The third-order valence-electron chi connectivity index (χ3n) is 9.83. The van der Waals surface area contributed by atoms with Crippen molar-refractivity contribution in [2.75, 3.05) is 9.80 Å². The Kier molecular flexibility index (Phi) is 5.49. The van der Waals surface area contributed by atoms with Crippen LogP contribution in [0.3, 0.4) is 0 Å². The second-order valence-electron chi connectivity index (χ2n) is 12.2. The lowest BCUT2D eigenvalue weighted by Gasteiger charge is -2.34. The van der Waals surface area contributed by atoms with E-state index in [0.717, 1.165) is 12.8 Å². The van der Waals surface area contributed by atoms with Crippen LogP contribution in [0.4, 0.5) is 34.1 Å². The van der Waals surface area contributed by atoms with E-state index in [4.69, 9.17) is 0 Å². The molecule has 0 fully saturated rings. The van der Waals surface area contributed by atoms with Gasteiger partial charge in [-0.05, 0) is 117 Å². The van der Waals surface area contributed by atoms with Crippen LogP contribution in [0, 0.1) is 13.8 Å². The molecule has 0 saturated heterocycles. The lowest BCUT2D eigenvalue weighted by molar-refractivity contribution is 1.09. The molecule has 44 heavy (non-hydrogen) atoms. The molecule has 0 unspecified atom stereocenters. The van der Waals surface area contributed by atoms with Gasteiger partial charge < -0.3 is 9.80 Å². The third-order valence-corrected chi connectivity index (χ3v) is 9.83. The van der Waals surface area contributed by atoms with Crippen molar-refractivity contribution in [3.05, 3.63) is 167 Å². The van der Waals surface area contributed by atoms with E-state index in [-0.39, 0.29) is 0 Å². The summed E-state index contributed by atoms with van der Waals surface area (Å²) in [7, 11) is 0. The van der Waals surface area contributed by atoms with Gasteiger partial charge in [0.15, 0.2) is 0 Å². The molecule has 0 N–H and O–H groups in total. The van der Waals surface area contributed by atoms with Gasteiger partial charge in [0.1, 0.15) is 0 Å². The van der Waals surface area contributed by atoms with Gasteiger partial charge in [-0.25, -0.2) is 0 Å². The predicted molar refractivity (Wildman–Crippen MR) is 186 cm³/mol. The number of aryl methyl sites for hydroxylation is 2. The normalized spacial score (nSPS) is 13.4. The van der Waals surface area contributed by atoms with Crippen LogP contribution in [0.5, 0.6) is 0 Å². The summed E-state index contributed by atoms with van der Waals surface area (Å²) in [5.41, 5.74) is 15.6. The first-order chi connectivity index (χ1) is 21.7. The first-order valence-corrected chi connectivity index (χ1v) is 15.5. The van der Waals surface area contributed by atoms with Crippen molar-refractivity contribution in [1.82, 2.24) is 0 Å². The van der Waals surface area contributed by atoms with E-state index in [1.54, 1.807) is 0 Å². The highest BCUT2D eigenvalue weighted by Gasteiger charge is 2.26. The zero-order chi connectivity index (χ0) is 29.4. The number of benzene rings is 7. The van der Waals surface area contributed by atoms with E-state index in [2.05, 4.69) is 157 Å². The van der Waals surface area contributed by atoms with Crippen LogP contribution in [0.2, 0.25) is 0 Å². The molecule has 2 aliphatic rings. The lowest BCUT2D eigenvalue weighted by Crippen LogP contribution is -2.18. The Balaban J connectivity index is 1.22. The Morgan fingerprint density at radius 3 is 1.02 bits per heavy atom. The van der Waals surface area contributed by atoms with Crippen LogP contribution < -0.4 is 9.80 Å². The summed E-state index contributed by atoms with van der Waals surface area (Å²) in [6, 6.07) is 49.4. The van der Waals surface area contributed by atoms with E-state index in [1.807, 2.05) is 0 Å². The molecule has 2 aliphatic heterocycles. The van der Waals surface area contributed by atoms with Crippen molar-refractivity contribution in [3.8, 4) is 0 Å². The van der Waals surface area contributed by atoms with E-state index in [0.29, 0.717) is 0 Å². The van der Waals surface area contributed by atoms with E-state index in [9.17, 15) is 0 Å². The number of para-hydroxylation sites is 4. The molecule has 0 bridgehead atoms. The number of fused-ring (bicyclic) bond motifs is 6. The molecule has 2 heterocycles. The lowest BCUT2D eigenvalue weighted by atomic mass is 9.90. The van der Waals surface area contributed by atoms with E-state index >= 15 is 0 Å². The van der Waals surface area contributed by atoms with Crippen molar-refractivity contribution in [3.63, 3.8) is 0 Å². The molecule has 7 aromatic carbocycles. The van der Waals surface area contributed by atoms with Crippen LogP contribution in [-0.2, 0) is 12.8 Å². The van der Waals surface area contributed by atoms with Crippen LogP contribution in [0.15, 0.2) is 133 Å². The van der Waals surface area contributed by atoms with Gasteiger partial charge in [-0.1, -0.05) is 84.9 Å². The zero-order valence-electron chi connectivity index (χ0n) is 25.0. The Hall–Kier alpha value is -5.34. The molecular formula is C42H32N2. The van der Waals surface area contributed by atoms with Crippen molar-refractivity contribution < 1.29 is 0 Å². The quantitative estimate of drug-likeness (QED) is 0.193. The maximum atomic E-state index is 2.45. The molecule has 0 atom stereocenters. The van der Waals surface area contributed by atoms with Gasteiger partial charge in [-0.3, -0.25) is 0 Å². The fourth-order valence-corrected chi connectivity index (χ4v) is 7.65. The minimum absolute atomic E-state index is 0.966. The zero-order valence-corrected chi connectivity index (χ0v) is 25.0. The van der Waals surface area contributed by atoms with Crippen LogP contribution in [-0.4, -0.2) is 0 Å². The number of hydrogen-bond acceptors (Lipinski definition) is 2. The molecule has 2 nitrogen and oxygen atoms in total. The number of hydrogen-bond donors (Lipinski definition) is 0. The summed E-state index contributed by atoms with van der Waals surface area (Å²) < 4.78 is 0. The number of rotatable bonds is 2. The molecule has 210 valence electrons. The fraction of sp³-hybridized carbons (Fsp3) is 0.0952. The van der Waals surface area contributed by atoms with Gasteiger partial charge in [-0.15, -0.1) is 0 Å². The van der Waals surface area contributed by atoms with Crippen molar-refractivity contribution in [1.29, 1.82) is 0 Å². The SMILES string of the molecule is Cc1c2ccc(N3c4ccccc4Cc4ccccc43)cc2c(C)c2ccc(N3c4ccccc4Cc4ccccc43)cc12. The Morgan fingerprint density at radius 1 is 0.364 bits per heavy atom. The van der Waals surface area contributed by atoms with Crippen molar-refractivity contribution in [2.45, 2.75) is 26.7 Å².